The molecule has 0 spiro atoms. The van der Waals surface area contributed by atoms with Crippen LogP contribution in [-0.2, 0) is 0 Å². The van der Waals surface area contributed by atoms with E-state index in [-0.39, 0.29) is 11.1 Å². The van der Waals surface area contributed by atoms with E-state index in [2.05, 4.69) is 4.98 Å². The first-order valence-corrected chi connectivity index (χ1v) is 5.58. The van der Waals surface area contributed by atoms with Crippen LogP contribution in [0.2, 0.25) is 0 Å². The standard InChI is InChI=1S/C14H9NO4/c16-13(17)7-1-3-11-9(5-7)10-6-8(14(18)19)2-4-12(10)15-11/h1-6,15H,(H,16,17)(H,18,19). The molecule has 1 heterocycles. The van der Waals surface area contributed by atoms with Gasteiger partial charge in [-0.25, -0.2) is 9.59 Å². The third kappa shape index (κ3) is 1.72. The molecule has 0 saturated carbocycles. The summed E-state index contributed by atoms with van der Waals surface area (Å²) in [6, 6.07) is 9.47. The van der Waals surface area contributed by atoms with Crippen molar-refractivity contribution in [1.82, 2.24) is 4.98 Å². The van der Waals surface area contributed by atoms with Crippen molar-refractivity contribution >= 4 is 33.7 Å². The van der Waals surface area contributed by atoms with Gasteiger partial charge in [0.25, 0.3) is 0 Å². The Bertz CT molecular complexity index is 764. The number of fused-ring (bicyclic) bond motifs is 3. The highest BCUT2D eigenvalue weighted by atomic mass is 16.4. The molecule has 0 saturated heterocycles. The van der Waals surface area contributed by atoms with Crippen molar-refractivity contribution in [3.05, 3.63) is 47.5 Å². The molecule has 0 bridgehead atoms. The lowest BCUT2D eigenvalue weighted by Crippen LogP contribution is -1.95. The maximum atomic E-state index is 11.0. The lowest BCUT2D eigenvalue weighted by Gasteiger charge is -1.96. The van der Waals surface area contributed by atoms with Crippen LogP contribution in [-0.4, -0.2) is 27.1 Å². The van der Waals surface area contributed by atoms with Crippen molar-refractivity contribution in [3.8, 4) is 0 Å². The molecule has 2 aromatic carbocycles. The second-order valence-corrected chi connectivity index (χ2v) is 4.26. The first-order chi connectivity index (χ1) is 9.06. The average molecular weight is 255 g/mol. The van der Waals surface area contributed by atoms with Gasteiger partial charge in [-0.05, 0) is 36.4 Å². The summed E-state index contributed by atoms with van der Waals surface area (Å²) in [6.07, 6.45) is 0. The number of carboxylic acid groups (broad SMARTS) is 2. The van der Waals surface area contributed by atoms with Gasteiger partial charge in [0.2, 0.25) is 0 Å². The first kappa shape index (κ1) is 11.3. The lowest BCUT2D eigenvalue weighted by atomic mass is 10.1. The Morgan fingerprint density at radius 1 is 0.789 bits per heavy atom. The number of aromatic carboxylic acids is 2. The Balaban J connectivity index is 2.37. The number of rotatable bonds is 2. The fourth-order valence-electron chi connectivity index (χ4n) is 2.16. The van der Waals surface area contributed by atoms with E-state index in [1.807, 2.05) is 0 Å². The first-order valence-electron chi connectivity index (χ1n) is 5.58. The third-order valence-corrected chi connectivity index (χ3v) is 3.09. The van der Waals surface area contributed by atoms with Crippen LogP contribution in [0.25, 0.3) is 21.8 Å². The van der Waals surface area contributed by atoms with Gasteiger partial charge in [0.15, 0.2) is 0 Å². The zero-order valence-electron chi connectivity index (χ0n) is 9.68. The van der Waals surface area contributed by atoms with Gasteiger partial charge in [0, 0.05) is 21.8 Å². The number of hydrogen-bond acceptors (Lipinski definition) is 2. The SMILES string of the molecule is O=C(O)c1ccc2[nH]c3ccc(C(=O)O)cc3c2c1. The molecule has 3 N–H and O–H groups in total. The van der Waals surface area contributed by atoms with Crippen LogP contribution in [0.3, 0.4) is 0 Å². The summed E-state index contributed by atoms with van der Waals surface area (Å²) >= 11 is 0. The molecular weight excluding hydrogens is 246 g/mol. The van der Waals surface area contributed by atoms with Crippen molar-refractivity contribution in [1.29, 1.82) is 0 Å². The highest BCUT2D eigenvalue weighted by Crippen LogP contribution is 2.27. The van der Waals surface area contributed by atoms with Crippen molar-refractivity contribution < 1.29 is 19.8 Å². The molecule has 0 radical (unpaired) electrons. The van der Waals surface area contributed by atoms with Gasteiger partial charge in [-0.15, -0.1) is 0 Å². The fraction of sp³-hybridized carbons (Fsp3) is 0. The van der Waals surface area contributed by atoms with E-state index < -0.39 is 11.9 Å². The minimum atomic E-state index is -1.01. The van der Waals surface area contributed by atoms with Crippen molar-refractivity contribution in [3.63, 3.8) is 0 Å². The lowest BCUT2D eigenvalue weighted by molar-refractivity contribution is 0.0686. The van der Waals surface area contributed by atoms with Gasteiger partial charge in [-0.2, -0.15) is 0 Å². The molecule has 0 fully saturated rings. The van der Waals surface area contributed by atoms with Crippen molar-refractivity contribution in [2.24, 2.45) is 0 Å². The van der Waals surface area contributed by atoms with E-state index in [4.69, 9.17) is 10.2 Å². The molecule has 3 rings (SSSR count). The van der Waals surface area contributed by atoms with E-state index in [1.165, 1.54) is 12.1 Å². The van der Waals surface area contributed by atoms with Crippen LogP contribution < -0.4 is 0 Å². The Hall–Kier alpha value is -2.82. The number of aromatic amines is 1. The molecule has 5 heteroatoms. The van der Waals surface area contributed by atoms with Gasteiger partial charge >= 0.3 is 11.9 Å². The summed E-state index contributed by atoms with van der Waals surface area (Å²) in [5.74, 6) is -2.02. The molecule has 0 aliphatic heterocycles. The van der Waals surface area contributed by atoms with E-state index in [0.29, 0.717) is 10.8 Å². The molecule has 0 atom stereocenters. The molecule has 1 aromatic heterocycles. The second kappa shape index (κ2) is 3.84. The predicted molar refractivity (Wildman–Crippen MR) is 69.7 cm³/mol. The number of aromatic nitrogens is 1. The molecule has 0 aliphatic carbocycles. The van der Waals surface area contributed by atoms with Crippen LogP contribution in [0.15, 0.2) is 36.4 Å². The quantitative estimate of drug-likeness (QED) is 0.656. The van der Waals surface area contributed by atoms with Crippen LogP contribution >= 0.6 is 0 Å². The molecule has 19 heavy (non-hydrogen) atoms. The fourth-order valence-corrected chi connectivity index (χ4v) is 2.16. The van der Waals surface area contributed by atoms with Crippen molar-refractivity contribution in [2.45, 2.75) is 0 Å². The number of H-pyrrole nitrogens is 1. The van der Waals surface area contributed by atoms with Gasteiger partial charge in [-0.1, -0.05) is 0 Å². The second-order valence-electron chi connectivity index (χ2n) is 4.26. The third-order valence-electron chi connectivity index (χ3n) is 3.09. The van der Waals surface area contributed by atoms with E-state index >= 15 is 0 Å². The number of carbonyl (C=O) groups is 2. The van der Waals surface area contributed by atoms with E-state index in [0.717, 1.165) is 11.0 Å². The number of nitrogens with one attached hydrogen (secondary N) is 1. The highest BCUT2D eigenvalue weighted by Gasteiger charge is 2.10. The van der Waals surface area contributed by atoms with Crippen LogP contribution in [0.4, 0.5) is 0 Å². The topological polar surface area (TPSA) is 90.4 Å². The normalized spacial score (nSPS) is 10.9. The summed E-state index contributed by atoms with van der Waals surface area (Å²) in [6.45, 7) is 0. The zero-order chi connectivity index (χ0) is 13.6. The van der Waals surface area contributed by atoms with Gasteiger partial charge < -0.3 is 15.2 Å². The number of carboxylic acids is 2. The number of benzene rings is 2. The van der Waals surface area contributed by atoms with Crippen LogP contribution in [0.5, 0.6) is 0 Å². The Labute approximate surface area is 107 Å². The Kier molecular flexibility index (Phi) is 2.28. The summed E-state index contributed by atoms with van der Waals surface area (Å²) in [4.78, 5) is 25.1. The maximum absolute atomic E-state index is 11.0. The van der Waals surface area contributed by atoms with Crippen LogP contribution in [0.1, 0.15) is 20.7 Å². The molecule has 94 valence electrons. The molecule has 0 amide bonds. The summed E-state index contributed by atoms with van der Waals surface area (Å²) in [5.41, 5.74) is 1.91. The largest absolute Gasteiger partial charge is 0.478 e. The summed E-state index contributed by atoms with van der Waals surface area (Å²) in [7, 11) is 0. The number of hydrogen-bond donors (Lipinski definition) is 3. The predicted octanol–water partition coefficient (Wildman–Crippen LogP) is 2.72. The molecular formula is C14H9NO4. The minimum absolute atomic E-state index is 0.175. The van der Waals surface area contributed by atoms with Crippen LogP contribution in [0, 0.1) is 0 Å². The monoisotopic (exact) mass is 255 g/mol. The molecule has 3 aromatic rings. The van der Waals surface area contributed by atoms with E-state index in [1.54, 1.807) is 24.3 Å². The average Bonchev–Trinajstić information content (AvgIpc) is 2.75. The van der Waals surface area contributed by atoms with Gasteiger partial charge in [0.05, 0.1) is 11.1 Å². The smallest absolute Gasteiger partial charge is 0.335 e. The van der Waals surface area contributed by atoms with Gasteiger partial charge in [-0.3, -0.25) is 0 Å². The molecule has 5 nitrogen and oxygen atoms in total. The summed E-state index contributed by atoms with van der Waals surface area (Å²) < 4.78 is 0. The highest BCUT2D eigenvalue weighted by molar-refractivity contribution is 6.10. The Morgan fingerprint density at radius 3 is 1.58 bits per heavy atom. The van der Waals surface area contributed by atoms with Crippen molar-refractivity contribution in [2.75, 3.05) is 0 Å². The van der Waals surface area contributed by atoms with Gasteiger partial charge in [0.1, 0.15) is 0 Å². The molecule has 0 aliphatic rings. The Morgan fingerprint density at radius 2 is 1.21 bits per heavy atom. The molecule has 0 unspecified atom stereocenters. The maximum Gasteiger partial charge on any atom is 0.335 e. The minimum Gasteiger partial charge on any atom is -0.478 e. The zero-order valence-corrected chi connectivity index (χ0v) is 9.68. The summed E-state index contributed by atoms with van der Waals surface area (Å²) in [5, 5.41) is 19.4. The van der Waals surface area contributed by atoms with E-state index in [9.17, 15) is 9.59 Å².